The van der Waals surface area contributed by atoms with E-state index in [0.717, 1.165) is 16.8 Å². The molecule has 0 aromatic heterocycles. The standard InChI is InChI=1S/C23H27N3O4/c1-4-30-21(27)14-17-6-8-18(9-7-17)24-23(29)25-20-11-12-26(22(20)28)19-10-5-15(2)16(3)13-19/h5-10,13,20H,4,11-12,14H2,1-3H3,(H2,24,25,29)/t20-/m1/s1. The first-order valence-electron chi connectivity index (χ1n) is 10.1. The number of hydrogen-bond acceptors (Lipinski definition) is 4. The number of ether oxygens (including phenoxy) is 1. The number of esters is 1. The molecular formula is C23H27N3O4. The van der Waals surface area contributed by atoms with Crippen LogP contribution in [0.2, 0.25) is 0 Å². The predicted octanol–water partition coefficient (Wildman–Crippen LogP) is 3.34. The second kappa shape index (κ2) is 9.43. The van der Waals surface area contributed by atoms with Crippen LogP contribution in [0.1, 0.15) is 30.0 Å². The Bertz CT molecular complexity index is 940. The molecule has 2 N–H and O–H groups in total. The first-order valence-corrected chi connectivity index (χ1v) is 10.1. The molecule has 7 heteroatoms. The Labute approximate surface area is 176 Å². The molecule has 30 heavy (non-hydrogen) atoms. The summed E-state index contributed by atoms with van der Waals surface area (Å²) in [5.41, 5.74) is 4.53. The van der Waals surface area contributed by atoms with Crippen molar-refractivity contribution in [3.8, 4) is 0 Å². The van der Waals surface area contributed by atoms with Gasteiger partial charge in [-0.2, -0.15) is 0 Å². The van der Waals surface area contributed by atoms with Crippen molar-refractivity contribution < 1.29 is 19.1 Å². The van der Waals surface area contributed by atoms with Gasteiger partial charge in [-0.25, -0.2) is 4.79 Å². The van der Waals surface area contributed by atoms with E-state index in [1.165, 1.54) is 5.56 Å². The molecule has 3 rings (SSSR count). The highest BCUT2D eigenvalue weighted by molar-refractivity contribution is 6.02. The summed E-state index contributed by atoms with van der Waals surface area (Å²) in [5, 5.41) is 5.48. The molecule has 7 nitrogen and oxygen atoms in total. The number of carbonyl (C=O) groups excluding carboxylic acids is 3. The van der Waals surface area contributed by atoms with Crippen molar-refractivity contribution in [2.45, 2.75) is 39.7 Å². The molecule has 0 saturated carbocycles. The Morgan fingerprint density at radius 3 is 2.50 bits per heavy atom. The maximum Gasteiger partial charge on any atom is 0.319 e. The summed E-state index contributed by atoms with van der Waals surface area (Å²) >= 11 is 0. The molecule has 2 aromatic carbocycles. The Balaban J connectivity index is 1.54. The van der Waals surface area contributed by atoms with E-state index in [9.17, 15) is 14.4 Å². The number of anilines is 2. The van der Waals surface area contributed by atoms with E-state index in [1.807, 2.05) is 32.0 Å². The molecule has 3 amide bonds. The van der Waals surface area contributed by atoms with Gasteiger partial charge in [0.2, 0.25) is 5.91 Å². The predicted molar refractivity (Wildman–Crippen MR) is 116 cm³/mol. The third-order valence-corrected chi connectivity index (χ3v) is 5.18. The lowest BCUT2D eigenvalue weighted by atomic mass is 10.1. The van der Waals surface area contributed by atoms with Crippen molar-refractivity contribution in [1.29, 1.82) is 0 Å². The maximum atomic E-state index is 12.7. The zero-order chi connectivity index (χ0) is 21.7. The molecule has 0 radical (unpaired) electrons. The molecule has 1 atom stereocenters. The van der Waals surface area contributed by atoms with Gasteiger partial charge < -0.3 is 20.3 Å². The second-order valence-electron chi connectivity index (χ2n) is 7.38. The zero-order valence-electron chi connectivity index (χ0n) is 17.5. The van der Waals surface area contributed by atoms with E-state index in [-0.39, 0.29) is 18.3 Å². The first-order chi connectivity index (χ1) is 14.4. The maximum absolute atomic E-state index is 12.7. The molecule has 0 aliphatic carbocycles. The number of benzene rings is 2. The van der Waals surface area contributed by atoms with E-state index in [1.54, 1.807) is 36.1 Å². The van der Waals surface area contributed by atoms with Crippen molar-refractivity contribution in [3.05, 3.63) is 59.2 Å². The quantitative estimate of drug-likeness (QED) is 0.717. The lowest BCUT2D eigenvalue weighted by Gasteiger charge is -2.18. The van der Waals surface area contributed by atoms with Crippen LogP contribution in [0.25, 0.3) is 0 Å². The fraction of sp³-hybridized carbons (Fsp3) is 0.348. The van der Waals surface area contributed by atoms with Gasteiger partial charge >= 0.3 is 12.0 Å². The Hall–Kier alpha value is -3.35. The number of urea groups is 1. The lowest BCUT2D eigenvalue weighted by molar-refractivity contribution is -0.142. The summed E-state index contributed by atoms with van der Waals surface area (Å²) in [6, 6.07) is 11.9. The molecule has 1 aliphatic heterocycles. The van der Waals surface area contributed by atoms with Crippen LogP contribution < -0.4 is 15.5 Å². The van der Waals surface area contributed by atoms with Gasteiger partial charge in [-0.3, -0.25) is 9.59 Å². The third kappa shape index (κ3) is 5.17. The van der Waals surface area contributed by atoms with Crippen LogP contribution in [0.3, 0.4) is 0 Å². The van der Waals surface area contributed by atoms with Crippen molar-refractivity contribution >= 4 is 29.3 Å². The SMILES string of the molecule is CCOC(=O)Cc1ccc(NC(=O)N[C@@H]2CCN(c3ccc(C)c(C)c3)C2=O)cc1. The highest BCUT2D eigenvalue weighted by Gasteiger charge is 2.33. The van der Waals surface area contributed by atoms with Gasteiger partial charge in [0, 0.05) is 17.9 Å². The summed E-state index contributed by atoms with van der Waals surface area (Å²) in [7, 11) is 0. The number of hydrogen-bond donors (Lipinski definition) is 2. The van der Waals surface area contributed by atoms with Gasteiger partial charge in [0.05, 0.1) is 13.0 Å². The molecule has 0 spiro atoms. The van der Waals surface area contributed by atoms with Crippen LogP contribution in [0.5, 0.6) is 0 Å². The number of carbonyl (C=O) groups is 3. The normalized spacial score (nSPS) is 15.8. The van der Waals surface area contributed by atoms with E-state index in [2.05, 4.69) is 10.6 Å². The molecule has 0 bridgehead atoms. The highest BCUT2D eigenvalue weighted by Crippen LogP contribution is 2.24. The minimum absolute atomic E-state index is 0.113. The number of nitrogens with one attached hydrogen (secondary N) is 2. The van der Waals surface area contributed by atoms with E-state index in [0.29, 0.717) is 25.3 Å². The molecule has 2 aromatic rings. The Kier molecular flexibility index (Phi) is 6.72. The van der Waals surface area contributed by atoms with Crippen molar-refractivity contribution in [2.24, 2.45) is 0 Å². The topological polar surface area (TPSA) is 87.7 Å². The third-order valence-electron chi connectivity index (χ3n) is 5.18. The van der Waals surface area contributed by atoms with Gasteiger partial charge in [-0.05, 0) is 68.1 Å². The van der Waals surface area contributed by atoms with Crippen molar-refractivity contribution in [3.63, 3.8) is 0 Å². The second-order valence-corrected chi connectivity index (χ2v) is 7.38. The fourth-order valence-corrected chi connectivity index (χ4v) is 3.37. The highest BCUT2D eigenvalue weighted by atomic mass is 16.5. The molecule has 1 fully saturated rings. The lowest BCUT2D eigenvalue weighted by Crippen LogP contribution is -2.43. The van der Waals surface area contributed by atoms with Gasteiger partial charge in [0.25, 0.3) is 0 Å². The average molecular weight is 409 g/mol. The average Bonchev–Trinajstić information content (AvgIpc) is 3.06. The smallest absolute Gasteiger partial charge is 0.319 e. The Morgan fingerprint density at radius 1 is 1.10 bits per heavy atom. The van der Waals surface area contributed by atoms with E-state index in [4.69, 9.17) is 4.74 Å². The van der Waals surface area contributed by atoms with Crippen LogP contribution in [-0.4, -0.2) is 37.1 Å². The van der Waals surface area contributed by atoms with Crippen LogP contribution >= 0.6 is 0 Å². The Morgan fingerprint density at radius 2 is 1.83 bits per heavy atom. The molecular weight excluding hydrogens is 382 g/mol. The summed E-state index contributed by atoms with van der Waals surface area (Å²) < 4.78 is 4.92. The molecule has 1 aliphatic rings. The molecule has 1 saturated heterocycles. The number of aryl methyl sites for hydroxylation is 2. The van der Waals surface area contributed by atoms with E-state index < -0.39 is 12.1 Å². The van der Waals surface area contributed by atoms with Gasteiger partial charge in [0.1, 0.15) is 6.04 Å². The molecule has 158 valence electrons. The summed E-state index contributed by atoms with van der Waals surface area (Å²) in [5.74, 6) is -0.401. The first kappa shape index (κ1) is 21.4. The zero-order valence-corrected chi connectivity index (χ0v) is 17.5. The van der Waals surface area contributed by atoms with Crippen molar-refractivity contribution in [1.82, 2.24) is 5.32 Å². The summed E-state index contributed by atoms with van der Waals surface area (Å²) in [6.07, 6.45) is 0.739. The van der Waals surface area contributed by atoms with Gasteiger partial charge in [-0.1, -0.05) is 18.2 Å². The fourth-order valence-electron chi connectivity index (χ4n) is 3.37. The minimum Gasteiger partial charge on any atom is -0.466 e. The number of rotatable bonds is 6. The molecule has 1 heterocycles. The monoisotopic (exact) mass is 409 g/mol. The largest absolute Gasteiger partial charge is 0.466 e. The van der Waals surface area contributed by atoms with Crippen LogP contribution in [0.15, 0.2) is 42.5 Å². The van der Waals surface area contributed by atoms with E-state index >= 15 is 0 Å². The van der Waals surface area contributed by atoms with Crippen LogP contribution in [0, 0.1) is 13.8 Å². The van der Waals surface area contributed by atoms with Crippen LogP contribution in [0.4, 0.5) is 16.2 Å². The van der Waals surface area contributed by atoms with Crippen LogP contribution in [-0.2, 0) is 20.7 Å². The summed E-state index contributed by atoms with van der Waals surface area (Å²) in [4.78, 5) is 38.3. The number of amides is 3. The molecule has 0 unspecified atom stereocenters. The minimum atomic E-state index is -0.560. The number of nitrogens with zero attached hydrogens (tertiary/aromatic N) is 1. The van der Waals surface area contributed by atoms with Crippen molar-refractivity contribution in [2.75, 3.05) is 23.4 Å². The summed E-state index contributed by atoms with van der Waals surface area (Å²) in [6.45, 7) is 6.72. The van der Waals surface area contributed by atoms with Gasteiger partial charge in [0.15, 0.2) is 0 Å². The van der Waals surface area contributed by atoms with Gasteiger partial charge in [-0.15, -0.1) is 0 Å².